The molecule has 0 bridgehead atoms. The number of rotatable bonds is 10. The van der Waals surface area contributed by atoms with Crippen LogP contribution in [0.2, 0.25) is 0 Å². The van der Waals surface area contributed by atoms with Crippen LogP contribution in [0.3, 0.4) is 0 Å². The maximum atomic E-state index is 12.9. The van der Waals surface area contributed by atoms with Gasteiger partial charge in [-0.15, -0.1) is 0 Å². The zero-order valence-corrected chi connectivity index (χ0v) is 23.0. The number of pyridine rings is 1. The van der Waals surface area contributed by atoms with Crippen molar-refractivity contribution in [1.29, 1.82) is 0 Å². The number of ether oxygens (including phenoxy) is 1. The molecule has 1 fully saturated rings. The van der Waals surface area contributed by atoms with E-state index in [1.807, 2.05) is 12.1 Å². The van der Waals surface area contributed by atoms with Crippen LogP contribution < -0.4 is 4.74 Å². The molecular weight excluding hydrogens is 512 g/mol. The number of benzene rings is 3. The molecule has 2 unspecified atom stereocenters. The quantitative estimate of drug-likeness (QED) is 0.227. The second-order valence-electron chi connectivity index (χ2n) is 10.5. The Morgan fingerprint density at radius 1 is 1.06 bits per heavy atom. The van der Waals surface area contributed by atoms with Gasteiger partial charge < -0.3 is 14.7 Å². The smallest absolute Gasteiger partial charge is 0.217 e. The standard InChI is InChI=1S/C31H35BrN2O2/c1-34(2)18-17-31(35,27-10-6-8-22-7-4-5-9-25(22)27)28(15-13-21-11-12-21)26-20-23-19-24(32)14-16-29(23)33-30(26)36-3/h4-10,14,16,19-21,28,35H,11-13,15,17-18H2,1-3H3. The van der Waals surface area contributed by atoms with Crippen molar-refractivity contribution in [1.82, 2.24) is 9.88 Å². The van der Waals surface area contributed by atoms with Gasteiger partial charge in [-0.25, -0.2) is 4.98 Å². The summed E-state index contributed by atoms with van der Waals surface area (Å²) in [4.78, 5) is 7.05. The average Bonchev–Trinajstić information content (AvgIpc) is 3.71. The van der Waals surface area contributed by atoms with E-state index in [2.05, 4.69) is 89.5 Å². The maximum Gasteiger partial charge on any atom is 0.217 e. The van der Waals surface area contributed by atoms with E-state index >= 15 is 0 Å². The van der Waals surface area contributed by atoms with Gasteiger partial charge in [-0.2, -0.15) is 0 Å². The first-order chi connectivity index (χ1) is 17.4. The molecule has 0 aliphatic heterocycles. The fraction of sp³-hybridized carbons (Fsp3) is 0.387. The largest absolute Gasteiger partial charge is 0.481 e. The van der Waals surface area contributed by atoms with Crippen LogP contribution in [0.4, 0.5) is 0 Å². The van der Waals surface area contributed by atoms with Gasteiger partial charge in [-0.3, -0.25) is 0 Å². The van der Waals surface area contributed by atoms with Gasteiger partial charge >= 0.3 is 0 Å². The first-order valence-corrected chi connectivity index (χ1v) is 13.7. The van der Waals surface area contributed by atoms with Crippen LogP contribution in [0.5, 0.6) is 5.88 Å². The molecule has 5 rings (SSSR count). The highest BCUT2D eigenvalue weighted by molar-refractivity contribution is 9.10. The molecule has 1 aromatic heterocycles. The lowest BCUT2D eigenvalue weighted by Gasteiger charge is -2.39. The number of halogens is 1. The summed E-state index contributed by atoms with van der Waals surface area (Å²) in [5.41, 5.74) is 1.77. The summed E-state index contributed by atoms with van der Waals surface area (Å²) >= 11 is 3.62. The molecule has 4 aromatic rings. The van der Waals surface area contributed by atoms with Gasteiger partial charge in [-0.05, 0) is 79.9 Å². The molecule has 36 heavy (non-hydrogen) atoms. The lowest BCUT2D eigenvalue weighted by Crippen LogP contribution is -2.37. The lowest BCUT2D eigenvalue weighted by atomic mass is 9.71. The summed E-state index contributed by atoms with van der Waals surface area (Å²) in [6.45, 7) is 0.772. The predicted octanol–water partition coefficient (Wildman–Crippen LogP) is 7.27. The molecule has 188 valence electrons. The highest BCUT2D eigenvalue weighted by Crippen LogP contribution is 2.49. The summed E-state index contributed by atoms with van der Waals surface area (Å²) in [5.74, 6) is 1.20. The van der Waals surface area contributed by atoms with E-state index in [-0.39, 0.29) is 5.92 Å². The first-order valence-electron chi connectivity index (χ1n) is 12.9. The minimum absolute atomic E-state index is 0.158. The van der Waals surface area contributed by atoms with Crippen LogP contribution in [0.15, 0.2) is 71.2 Å². The normalized spacial score (nSPS) is 16.4. The highest BCUT2D eigenvalue weighted by atomic mass is 79.9. The molecule has 0 saturated heterocycles. The molecule has 1 saturated carbocycles. The van der Waals surface area contributed by atoms with Crippen molar-refractivity contribution in [3.8, 4) is 5.88 Å². The monoisotopic (exact) mass is 546 g/mol. The summed E-state index contributed by atoms with van der Waals surface area (Å²) in [7, 11) is 5.82. The van der Waals surface area contributed by atoms with Crippen molar-refractivity contribution in [3.05, 3.63) is 82.3 Å². The van der Waals surface area contributed by atoms with Crippen LogP contribution in [0.25, 0.3) is 21.7 Å². The van der Waals surface area contributed by atoms with E-state index in [0.29, 0.717) is 12.3 Å². The van der Waals surface area contributed by atoms with Crippen LogP contribution in [0.1, 0.15) is 49.1 Å². The summed E-state index contributed by atoms with van der Waals surface area (Å²) in [5, 5.41) is 16.2. The Hall–Kier alpha value is -2.47. The third-order valence-electron chi connectivity index (χ3n) is 7.67. The Balaban J connectivity index is 1.72. The van der Waals surface area contributed by atoms with Crippen molar-refractivity contribution in [2.45, 2.75) is 43.6 Å². The number of hydrogen-bond acceptors (Lipinski definition) is 4. The zero-order valence-electron chi connectivity index (χ0n) is 21.4. The van der Waals surface area contributed by atoms with Crippen LogP contribution in [0, 0.1) is 5.92 Å². The van der Waals surface area contributed by atoms with Crippen molar-refractivity contribution in [2.24, 2.45) is 5.92 Å². The summed E-state index contributed by atoms with van der Waals surface area (Å²) < 4.78 is 6.90. The number of aliphatic hydroxyl groups is 1. The minimum Gasteiger partial charge on any atom is -0.481 e. The third-order valence-corrected chi connectivity index (χ3v) is 8.16. The Bertz CT molecular complexity index is 1360. The Morgan fingerprint density at radius 2 is 1.83 bits per heavy atom. The topological polar surface area (TPSA) is 45.6 Å². The van der Waals surface area contributed by atoms with E-state index in [1.165, 1.54) is 12.8 Å². The molecule has 0 amide bonds. The average molecular weight is 548 g/mol. The second-order valence-corrected chi connectivity index (χ2v) is 11.4. The Morgan fingerprint density at radius 3 is 2.58 bits per heavy atom. The van der Waals surface area contributed by atoms with Crippen molar-refractivity contribution in [2.75, 3.05) is 27.7 Å². The van der Waals surface area contributed by atoms with Crippen molar-refractivity contribution >= 4 is 37.6 Å². The minimum atomic E-state index is -1.09. The van der Waals surface area contributed by atoms with Gasteiger partial charge in [0.1, 0.15) is 0 Å². The molecule has 5 heteroatoms. The fourth-order valence-corrected chi connectivity index (χ4v) is 5.89. The van der Waals surface area contributed by atoms with Gasteiger partial charge in [0.2, 0.25) is 5.88 Å². The number of hydrogen-bond donors (Lipinski definition) is 1. The van der Waals surface area contributed by atoms with Crippen molar-refractivity contribution in [3.63, 3.8) is 0 Å². The lowest BCUT2D eigenvalue weighted by molar-refractivity contribution is -0.0101. The SMILES string of the molecule is COc1nc2ccc(Br)cc2cc1C(CCC1CC1)C(O)(CCN(C)C)c1cccc2ccccc12. The van der Waals surface area contributed by atoms with Crippen LogP contribution in [-0.4, -0.2) is 42.7 Å². The van der Waals surface area contributed by atoms with E-state index in [4.69, 9.17) is 9.72 Å². The van der Waals surface area contributed by atoms with Gasteiger partial charge in [0.05, 0.1) is 18.2 Å². The van der Waals surface area contributed by atoms with Crippen LogP contribution in [-0.2, 0) is 5.60 Å². The molecular formula is C31H35BrN2O2. The molecule has 0 spiro atoms. The molecule has 1 aliphatic rings. The van der Waals surface area contributed by atoms with E-state index in [1.54, 1.807) is 7.11 Å². The van der Waals surface area contributed by atoms with Gasteiger partial charge in [0.15, 0.2) is 0 Å². The van der Waals surface area contributed by atoms with E-state index < -0.39 is 5.60 Å². The number of fused-ring (bicyclic) bond motifs is 2. The molecule has 1 N–H and O–H groups in total. The van der Waals surface area contributed by atoms with E-state index in [9.17, 15) is 5.11 Å². The Labute approximate surface area is 222 Å². The van der Waals surface area contributed by atoms with E-state index in [0.717, 1.165) is 62.6 Å². The molecule has 1 aliphatic carbocycles. The first kappa shape index (κ1) is 25.2. The third kappa shape index (κ3) is 5.15. The molecule has 0 radical (unpaired) electrons. The molecule has 2 atom stereocenters. The maximum absolute atomic E-state index is 12.9. The highest BCUT2D eigenvalue weighted by Gasteiger charge is 2.42. The summed E-state index contributed by atoms with van der Waals surface area (Å²) in [6, 6.07) is 23.0. The zero-order chi connectivity index (χ0) is 25.3. The van der Waals surface area contributed by atoms with Gasteiger partial charge in [0, 0.05) is 27.9 Å². The Kier molecular flexibility index (Phi) is 7.34. The number of nitrogens with zero attached hydrogens (tertiary/aromatic N) is 2. The number of aromatic nitrogens is 1. The van der Waals surface area contributed by atoms with Gasteiger partial charge in [0.25, 0.3) is 0 Å². The summed E-state index contributed by atoms with van der Waals surface area (Å²) in [6.07, 6.45) is 5.17. The molecule has 3 aromatic carbocycles. The molecule has 1 heterocycles. The second kappa shape index (κ2) is 10.5. The fourth-order valence-electron chi connectivity index (χ4n) is 5.51. The number of methoxy groups -OCH3 is 1. The van der Waals surface area contributed by atoms with Crippen molar-refractivity contribution < 1.29 is 9.84 Å². The van der Waals surface area contributed by atoms with Crippen LogP contribution >= 0.6 is 15.9 Å². The molecule has 4 nitrogen and oxygen atoms in total. The predicted molar refractivity (Wildman–Crippen MR) is 152 cm³/mol. The van der Waals surface area contributed by atoms with Gasteiger partial charge in [-0.1, -0.05) is 71.2 Å².